The number of carbonyl (C=O) groups is 1. The van der Waals surface area contributed by atoms with Gasteiger partial charge in [0.05, 0.1) is 31.9 Å². The van der Waals surface area contributed by atoms with E-state index in [0.717, 1.165) is 32.6 Å². The van der Waals surface area contributed by atoms with Gasteiger partial charge in [-0.05, 0) is 33.5 Å². The third-order valence-corrected chi connectivity index (χ3v) is 4.25. The molecule has 0 unspecified atom stereocenters. The van der Waals surface area contributed by atoms with Gasteiger partial charge in [-0.15, -0.1) is 0 Å². The highest BCUT2D eigenvalue weighted by Gasteiger charge is 2.34. The molecule has 0 aromatic rings. The van der Waals surface area contributed by atoms with Crippen LogP contribution in [0.3, 0.4) is 0 Å². The average Bonchev–Trinajstić information content (AvgIpc) is 2.72. The van der Waals surface area contributed by atoms with Crippen molar-refractivity contribution in [2.45, 2.75) is 25.5 Å². The van der Waals surface area contributed by atoms with E-state index in [4.69, 9.17) is 4.74 Å². The van der Waals surface area contributed by atoms with Crippen LogP contribution in [0.2, 0.25) is 0 Å². The summed E-state index contributed by atoms with van der Waals surface area (Å²) in [4.78, 5) is 18.8. The standard InChI is InChI=1S/C14H27N3O3/c1-3-17(12-10-20-11-13(12)18)14(19)9-16-6-4-5-15(2)7-8-16/h12-13,18H,3-11H2,1-2H3/t12-,13-/m0/s1. The molecule has 0 aromatic carbocycles. The van der Waals surface area contributed by atoms with Crippen molar-refractivity contribution in [2.75, 3.05) is 59.5 Å². The number of carbonyl (C=O) groups excluding carboxylic acids is 1. The normalized spacial score (nSPS) is 29.4. The van der Waals surface area contributed by atoms with Crippen LogP contribution in [0.25, 0.3) is 0 Å². The summed E-state index contributed by atoms with van der Waals surface area (Å²) >= 11 is 0. The van der Waals surface area contributed by atoms with Gasteiger partial charge in [-0.25, -0.2) is 0 Å². The van der Waals surface area contributed by atoms with Crippen LogP contribution < -0.4 is 0 Å². The highest BCUT2D eigenvalue weighted by atomic mass is 16.5. The van der Waals surface area contributed by atoms with Crippen LogP contribution in [-0.4, -0.2) is 97.4 Å². The molecule has 116 valence electrons. The number of likely N-dealkylation sites (N-methyl/N-ethyl adjacent to an activating group) is 2. The number of aliphatic hydroxyl groups excluding tert-OH is 1. The quantitative estimate of drug-likeness (QED) is 0.735. The first-order chi connectivity index (χ1) is 9.61. The largest absolute Gasteiger partial charge is 0.388 e. The molecule has 1 N–H and O–H groups in total. The van der Waals surface area contributed by atoms with E-state index in [1.165, 1.54) is 0 Å². The minimum atomic E-state index is -0.547. The summed E-state index contributed by atoms with van der Waals surface area (Å²) in [5.74, 6) is 0.103. The van der Waals surface area contributed by atoms with Crippen LogP contribution in [0.15, 0.2) is 0 Å². The number of amides is 1. The van der Waals surface area contributed by atoms with E-state index in [1.807, 2.05) is 6.92 Å². The van der Waals surface area contributed by atoms with Gasteiger partial charge >= 0.3 is 0 Å². The maximum absolute atomic E-state index is 12.5. The Bertz CT molecular complexity index is 327. The molecule has 0 saturated carbocycles. The Balaban J connectivity index is 1.88. The van der Waals surface area contributed by atoms with Gasteiger partial charge in [0.2, 0.25) is 5.91 Å². The maximum atomic E-state index is 12.5. The van der Waals surface area contributed by atoms with E-state index in [2.05, 4.69) is 16.8 Å². The summed E-state index contributed by atoms with van der Waals surface area (Å²) in [5, 5.41) is 9.89. The van der Waals surface area contributed by atoms with Crippen molar-refractivity contribution in [3.63, 3.8) is 0 Å². The third kappa shape index (κ3) is 3.91. The topological polar surface area (TPSA) is 56.3 Å². The summed E-state index contributed by atoms with van der Waals surface area (Å²) in [6, 6.07) is -0.179. The van der Waals surface area contributed by atoms with Crippen LogP contribution in [0.4, 0.5) is 0 Å². The molecule has 2 heterocycles. The van der Waals surface area contributed by atoms with E-state index < -0.39 is 6.10 Å². The van der Waals surface area contributed by atoms with Crippen molar-refractivity contribution in [1.29, 1.82) is 0 Å². The van der Waals surface area contributed by atoms with Crippen LogP contribution in [-0.2, 0) is 9.53 Å². The van der Waals surface area contributed by atoms with Gasteiger partial charge in [-0.2, -0.15) is 0 Å². The molecule has 6 nitrogen and oxygen atoms in total. The minimum Gasteiger partial charge on any atom is -0.388 e. The van der Waals surface area contributed by atoms with Gasteiger partial charge in [-0.3, -0.25) is 9.69 Å². The molecule has 2 rings (SSSR count). The first-order valence-electron chi connectivity index (χ1n) is 7.58. The molecule has 0 aliphatic carbocycles. The molecule has 1 amide bonds. The Morgan fingerprint density at radius 3 is 2.75 bits per heavy atom. The fourth-order valence-electron chi connectivity index (χ4n) is 2.97. The van der Waals surface area contributed by atoms with Crippen molar-refractivity contribution in [3.05, 3.63) is 0 Å². The molecule has 0 radical (unpaired) electrons. The van der Waals surface area contributed by atoms with E-state index in [1.54, 1.807) is 4.90 Å². The van der Waals surface area contributed by atoms with E-state index in [0.29, 0.717) is 26.3 Å². The maximum Gasteiger partial charge on any atom is 0.237 e. The molecule has 2 aliphatic rings. The van der Waals surface area contributed by atoms with E-state index >= 15 is 0 Å². The number of aliphatic hydroxyl groups is 1. The molecule has 6 heteroatoms. The first kappa shape index (κ1) is 15.7. The summed E-state index contributed by atoms with van der Waals surface area (Å²) in [6.07, 6.45) is 0.555. The van der Waals surface area contributed by atoms with E-state index in [9.17, 15) is 9.90 Å². The number of rotatable bonds is 4. The average molecular weight is 285 g/mol. The monoisotopic (exact) mass is 285 g/mol. The molecule has 2 aliphatic heterocycles. The molecule has 0 spiro atoms. The lowest BCUT2D eigenvalue weighted by Crippen LogP contribution is -2.50. The number of hydrogen-bond acceptors (Lipinski definition) is 5. The lowest BCUT2D eigenvalue weighted by molar-refractivity contribution is -0.136. The second-order valence-electron chi connectivity index (χ2n) is 5.78. The van der Waals surface area contributed by atoms with Crippen molar-refractivity contribution < 1.29 is 14.6 Å². The van der Waals surface area contributed by atoms with Crippen LogP contribution in [0.1, 0.15) is 13.3 Å². The van der Waals surface area contributed by atoms with E-state index in [-0.39, 0.29) is 11.9 Å². The summed E-state index contributed by atoms with van der Waals surface area (Å²) in [7, 11) is 2.12. The Labute approximate surface area is 121 Å². The summed E-state index contributed by atoms with van der Waals surface area (Å²) in [6.45, 7) is 7.82. The van der Waals surface area contributed by atoms with Gasteiger partial charge in [0.25, 0.3) is 0 Å². The Hall–Kier alpha value is -0.690. The van der Waals surface area contributed by atoms with Gasteiger partial charge in [0, 0.05) is 19.6 Å². The smallest absolute Gasteiger partial charge is 0.237 e. The second kappa shape index (κ2) is 7.36. The van der Waals surface area contributed by atoms with Crippen molar-refractivity contribution in [3.8, 4) is 0 Å². The fourth-order valence-corrected chi connectivity index (χ4v) is 2.97. The predicted octanol–water partition coefficient (Wildman–Crippen LogP) is -0.768. The summed E-state index contributed by atoms with van der Waals surface area (Å²) < 4.78 is 5.26. The molecular weight excluding hydrogens is 258 g/mol. The third-order valence-electron chi connectivity index (χ3n) is 4.25. The molecular formula is C14H27N3O3. The molecule has 0 bridgehead atoms. The zero-order valence-corrected chi connectivity index (χ0v) is 12.6. The Morgan fingerprint density at radius 1 is 1.30 bits per heavy atom. The van der Waals surface area contributed by atoms with Gasteiger partial charge in [0.1, 0.15) is 0 Å². The lowest BCUT2D eigenvalue weighted by Gasteiger charge is -2.31. The summed E-state index contributed by atoms with van der Waals surface area (Å²) in [5.41, 5.74) is 0. The lowest BCUT2D eigenvalue weighted by atomic mass is 10.1. The first-order valence-corrected chi connectivity index (χ1v) is 7.58. The van der Waals surface area contributed by atoms with Crippen LogP contribution in [0, 0.1) is 0 Å². The number of ether oxygens (including phenoxy) is 1. The van der Waals surface area contributed by atoms with Crippen molar-refractivity contribution >= 4 is 5.91 Å². The van der Waals surface area contributed by atoms with Gasteiger partial charge in [-0.1, -0.05) is 0 Å². The number of hydrogen-bond donors (Lipinski definition) is 1. The predicted molar refractivity (Wildman–Crippen MR) is 76.6 cm³/mol. The van der Waals surface area contributed by atoms with Crippen LogP contribution >= 0.6 is 0 Å². The molecule has 2 saturated heterocycles. The Morgan fingerprint density at radius 2 is 2.10 bits per heavy atom. The highest BCUT2D eigenvalue weighted by Crippen LogP contribution is 2.14. The van der Waals surface area contributed by atoms with Crippen LogP contribution in [0.5, 0.6) is 0 Å². The fraction of sp³-hybridized carbons (Fsp3) is 0.929. The van der Waals surface area contributed by atoms with Crippen molar-refractivity contribution in [2.24, 2.45) is 0 Å². The molecule has 2 fully saturated rings. The van der Waals surface area contributed by atoms with Gasteiger partial charge < -0.3 is 19.6 Å². The molecule has 20 heavy (non-hydrogen) atoms. The zero-order chi connectivity index (χ0) is 14.5. The zero-order valence-electron chi connectivity index (χ0n) is 12.6. The van der Waals surface area contributed by atoms with Crippen molar-refractivity contribution in [1.82, 2.24) is 14.7 Å². The Kier molecular flexibility index (Phi) is 5.77. The molecule has 2 atom stereocenters. The second-order valence-corrected chi connectivity index (χ2v) is 5.78. The SMILES string of the molecule is CCN(C(=O)CN1CCCN(C)CC1)[C@H]1COC[C@@H]1O. The minimum absolute atomic E-state index is 0.103. The molecule has 0 aromatic heterocycles. The number of nitrogens with zero attached hydrogens (tertiary/aromatic N) is 3. The highest BCUT2D eigenvalue weighted by molar-refractivity contribution is 5.78. The van der Waals surface area contributed by atoms with Gasteiger partial charge in [0.15, 0.2) is 0 Å².